The highest BCUT2D eigenvalue weighted by molar-refractivity contribution is 5.94. The van der Waals surface area contributed by atoms with Crippen LogP contribution in [0.2, 0.25) is 0 Å². The first kappa shape index (κ1) is 44.6. The molecule has 4 fully saturated rings. The number of methoxy groups -OCH3 is 1. The highest BCUT2D eigenvalue weighted by Crippen LogP contribution is 2.57. The number of nitrogens with one attached hydrogen (secondary N) is 3. The number of benzene rings is 2. The van der Waals surface area contributed by atoms with Gasteiger partial charge in [0.15, 0.2) is 5.65 Å². The highest BCUT2D eigenvalue weighted by Gasteiger charge is 2.47. The average Bonchev–Trinajstić information content (AvgIpc) is 4.09. The smallest absolute Gasteiger partial charge is 0.257 e. The molecule has 2 amide bonds. The van der Waals surface area contributed by atoms with Gasteiger partial charge in [-0.3, -0.25) is 23.9 Å². The van der Waals surface area contributed by atoms with Crippen molar-refractivity contribution >= 4 is 45.9 Å². The molecule has 3 heterocycles. The second-order valence-corrected chi connectivity index (χ2v) is 20.3. The number of anilines is 4. The lowest BCUT2D eigenvalue weighted by molar-refractivity contribution is -0.126. The first-order valence-corrected chi connectivity index (χ1v) is 23.9. The van der Waals surface area contributed by atoms with Gasteiger partial charge in [0.1, 0.15) is 5.75 Å². The van der Waals surface area contributed by atoms with Gasteiger partial charge in [0, 0.05) is 80.2 Å². The zero-order valence-corrected chi connectivity index (χ0v) is 38.4. The van der Waals surface area contributed by atoms with Crippen molar-refractivity contribution in [2.45, 2.75) is 118 Å². The first-order chi connectivity index (χ1) is 30.4. The molecule has 12 heteroatoms. The molecule has 338 valence electrons. The number of hydrogen-bond donors (Lipinski definition) is 3. The van der Waals surface area contributed by atoms with Crippen molar-refractivity contribution in [3.05, 3.63) is 70.6 Å². The van der Waals surface area contributed by atoms with E-state index >= 15 is 0 Å². The Bertz CT molecular complexity index is 2310. The number of unbranched alkanes of at least 4 members (excludes halogenated alkanes) is 5. The highest BCUT2D eigenvalue weighted by atomic mass is 16.5. The predicted molar refractivity (Wildman–Crippen MR) is 253 cm³/mol. The topological polar surface area (TPSA) is 134 Å². The Morgan fingerprint density at radius 1 is 0.905 bits per heavy atom. The Morgan fingerprint density at radius 2 is 1.68 bits per heavy atom. The summed E-state index contributed by atoms with van der Waals surface area (Å²) in [4.78, 5) is 53.3. The van der Waals surface area contributed by atoms with Crippen LogP contribution >= 0.6 is 0 Å². The summed E-state index contributed by atoms with van der Waals surface area (Å²) in [6.45, 7) is 15.1. The summed E-state index contributed by atoms with van der Waals surface area (Å²) in [7, 11) is 1.67. The van der Waals surface area contributed by atoms with Gasteiger partial charge >= 0.3 is 0 Å². The summed E-state index contributed by atoms with van der Waals surface area (Å²) in [5.41, 5.74) is 4.72. The zero-order chi connectivity index (χ0) is 44.1. The third-order valence-electron chi connectivity index (χ3n) is 14.3. The van der Waals surface area contributed by atoms with Gasteiger partial charge in [-0.25, -0.2) is 4.98 Å². The van der Waals surface area contributed by atoms with Gasteiger partial charge in [-0.05, 0) is 130 Å². The number of amides is 2. The molecule has 4 atom stereocenters. The van der Waals surface area contributed by atoms with Crippen molar-refractivity contribution in [2.75, 3.05) is 61.9 Å². The van der Waals surface area contributed by atoms with Crippen molar-refractivity contribution in [2.24, 2.45) is 28.6 Å². The number of fused-ring (bicyclic) bond motifs is 3. The van der Waals surface area contributed by atoms with Gasteiger partial charge in [0.05, 0.1) is 18.5 Å². The minimum Gasteiger partial charge on any atom is -0.494 e. The molecule has 3 aliphatic carbocycles. The van der Waals surface area contributed by atoms with Crippen molar-refractivity contribution in [3.63, 3.8) is 0 Å². The molecule has 2 aromatic carbocycles. The van der Waals surface area contributed by atoms with Crippen LogP contribution in [0.5, 0.6) is 5.75 Å². The molecule has 2 bridgehead atoms. The molecule has 1 saturated heterocycles. The monoisotopic (exact) mass is 859 g/mol. The number of carbonyl (C=O) groups is 2. The average molecular weight is 859 g/mol. The lowest BCUT2D eigenvalue weighted by atomic mass is 9.52. The molecular weight excluding hydrogens is 789 g/mol. The van der Waals surface area contributed by atoms with Crippen molar-refractivity contribution in [1.29, 1.82) is 0 Å². The maximum atomic E-state index is 13.5. The van der Waals surface area contributed by atoms with Crippen LogP contribution in [0.3, 0.4) is 0 Å². The summed E-state index contributed by atoms with van der Waals surface area (Å²) in [6, 6.07) is 15.1. The van der Waals surface area contributed by atoms with E-state index in [1.54, 1.807) is 23.9 Å². The molecule has 4 aromatic rings. The van der Waals surface area contributed by atoms with Gasteiger partial charge in [0.2, 0.25) is 17.8 Å². The maximum absolute atomic E-state index is 13.5. The number of carbonyl (C=O) groups excluding carboxylic acids is 2. The molecule has 63 heavy (non-hydrogen) atoms. The van der Waals surface area contributed by atoms with E-state index in [1.807, 2.05) is 37.3 Å². The molecule has 0 spiro atoms. The van der Waals surface area contributed by atoms with E-state index in [1.165, 1.54) is 64.2 Å². The summed E-state index contributed by atoms with van der Waals surface area (Å²) >= 11 is 0. The zero-order valence-electron chi connectivity index (χ0n) is 38.4. The lowest BCUT2D eigenvalue weighted by Gasteiger charge is -2.53. The molecule has 3 saturated carbocycles. The van der Waals surface area contributed by atoms with E-state index in [0.717, 1.165) is 92.7 Å². The van der Waals surface area contributed by atoms with Crippen LogP contribution < -0.4 is 31.1 Å². The number of aryl methyl sites for hydroxylation is 1. The van der Waals surface area contributed by atoms with Crippen LogP contribution in [-0.2, 0) is 9.59 Å². The van der Waals surface area contributed by atoms with E-state index in [9.17, 15) is 14.4 Å². The first-order valence-electron chi connectivity index (χ1n) is 23.9. The van der Waals surface area contributed by atoms with Crippen LogP contribution in [0, 0.1) is 35.5 Å². The Labute approximate surface area is 374 Å². The van der Waals surface area contributed by atoms with Crippen molar-refractivity contribution in [3.8, 4) is 11.4 Å². The van der Waals surface area contributed by atoms with Crippen molar-refractivity contribution in [1.82, 2.24) is 24.8 Å². The summed E-state index contributed by atoms with van der Waals surface area (Å²) < 4.78 is 7.42. The molecule has 4 unspecified atom stereocenters. The number of nitrogens with zero attached hydrogens (tertiary/aromatic N) is 5. The second-order valence-electron chi connectivity index (χ2n) is 20.3. The molecule has 4 aliphatic rings. The Morgan fingerprint density at radius 3 is 2.44 bits per heavy atom. The molecule has 1 aliphatic heterocycles. The third kappa shape index (κ3) is 11.2. The molecule has 12 nitrogen and oxygen atoms in total. The second kappa shape index (κ2) is 19.4. The number of piperazine rings is 1. The minimum absolute atomic E-state index is 0.0113. The van der Waals surface area contributed by atoms with Crippen LogP contribution in [0.25, 0.3) is 16.7 Å². The van der Waals surface area contributed by atoms with E-state index in [4.69, 9.17) is 9.72 Å². The van der Waals surface area contributed by atoms with Gasteiger partial charge in [-0.2, -0.15) is 4.98 Å². The quantitative estimate of drug-likeness (QED) is 0.0838. The molecule has 8 rings (SSSR count). The van der Waals surface area contributed by atoms with Crippen LogP contribution in [-0.4, -0.2) is 77.6 Å². The Balaban J connectivity index is 0.761. The van der Waals surface area contributed by atoms with E-state index in [-0.39, 0.29) is 28.7 Å². The van der Waals surface area contributed by atoms with Crippen LogP contribution in [0.1, 0.15) is 116 Å². The standard InChI is InChI=1S/C51H70N8O4/c1-35-25-37-30-50(3,29-35)34-51(4,31-37)32-45(60)52-19-10-8-6-7-9-11-20-57-21-23-58(24-22-57)40-17-18-43(44(28-40)63-5)55-49-53-33-42-36(2)26-46(61)59(47(42)56-49)41-14-12-13-39(27-41)54-48(62)38-15-16-38/h12-14,17-18,26-28,33,35,37-38H,6-11,15-16,19-25,29-32,34H2,1-5H3,(H,52,60)(H,54,62)(H,53,55,56). The Hall–Kier alpha value is -4.97. The number of pyridine rings is 1. The molecular formula is C51H70N8O4. The number of aromatic nitrogens is 3. The molecule has 3 N–H and O–H groups in total. The fourth-order valence-corrected chi connectivity index (χ4v) is 11.6. The molecule has 0 radical (unpaired) electrons. The van der Waals surface area contributed by atoms with Crippen molar-refractivity contribution < 1.29 is 14.3 Å². The summed E-state index contributed by atoms with van der Waals surface area (Å²) in [5, 5.41) is 10.3. The lowest BCUT2D eigenvalue weighted by Crippen LogP contribution is -2.46. The number of hydrogen-bond acceptors (Lipinski definition) is 9. The van der Waals surface area contributed by atoms with Crippen LogP contribution in [0.4, 0.5) is 23.0 Å². The van der Waals surface area contributed by atoms with E-state index in [2.05, 4.69) is 63.6 Å². The van der Waals surface area contributed by atoms with Gasteiger partial charge in [-0.15, -0.1) is 0 Å². The largest absolute Gasteiger partial charge is 0.494 e. The normalized spacial score (nSPS) is 23.7. The number of ether oxygens (including phenoxy) is 1. The maximum Gasteiger partial charge on any atom is 0.257 e. The SMILES string of the molecule is COc1cc(N2CCN(CCCCCCCCNC(=O)CC3(C)CC4CC(C)CC(C)(C4)C3)CC2)ccc1Nc1ncc2c(C)cc(=O)n(-c3cccc(NC(=O)C4CC4)c3)c2n1. The van der Waals surface area contributed by atoms with E-state index < -0.39 is 0 Å². The minimum atomic E-state index is -0.216. The number of rotatable bonds is 18. The van der Waals surface area contributed by atoms with Gasteiger partial charge in [-0.1, -0.05) is 52.5 Å². The summed E-state index contributed by atoms with van der Waals surface area (Å²) in [5.74, 6) is 3.00. The van der Waals surface area contributed by atoms with Gasteiger partial charge in [0.25, 0.3) is 5.56 Å². The fraction of sp³-hybridized carbons (Fsp3) is 0.588. The van der Waals surface area contributed by atoms with Gasteiger partial charge < -0.3 is 25.6 Å². The third-order valence-corrected chi connectivity index (χ3v) is 14.3. The summed E-state index contributed by atoms with van der Waals surface area (Å²) in [6.07, 6.45) is 17.9. The fourth-order valence-electron chi connectivity index (χ4n) is 11.6. The predicted octanol–water partition coefficient (Wildman–Crippen LogP) is 9.40. The Kier molecular flexibility index (Phi) is 13.8. The van der Waals surface area contributed by atoms with Crippen LogP contribution in [0.15, 0.2) is 59.5 Å². The molecule has 2 aromatic heterocycles. The van der Waals surface area contributed by atoms with E-state index in [0.29, 0.717) is 40.6 Å².